The van der Waals surface area contributed by atoms with E-state index in [1.165, 1.54) is 55.3 Å². The number of aromatic nitrogens is 1. The number of hydrogen-bond acceptors (Lipinski definition) is 1. The normalized spacial score (nSPS) is 14.4. The van der Waals surface area contributed by atoms with Gasteiger partial charge in [-0.3, -0.25) is 4.98 Å². The van der Waals surface area contributed by atoms with Crippen LogP contribution in [0, 0.1) is 13.8 Å². The fourth-order valence-electron chi connectivity index (χ4n) is 6.11. The van der Waals surface area contributed by atoms with Gasteiger partial charge in [-0.1, -0.05) is 91.0 Å². The quantitative estimate of drug-likeness (QED) is 0.265. The van der Waals surface area contributed by atoms with Crippen LogP contribution >= 0.6 is 0 Å². The Labute approximate surface area is 182 Å². The second kappa shape index (κ2) is 5.70. The molecule has 0 atom stereocenters. The molecule has 1 nitrogen and oxygen atoms in total. The van der Waals surface area contributed by atoms with Crippen molar-refractivity contribution in [3.63, 3.8) is 0 Å². The first-order valence-corrected chi connectivity index (χ1v) is 10.9. The second-order valence-electron chi connectivity index (χ2n) is 8.79. The molecule has 1 spiro atoms. The van der Waals surface area contributed by atoms with Crippen molar-refractivity contribution in [3.8, 4) is 22.4 Å². The van der Waals surface area contributed by atoms with Crippen molar-refractivity contribution < 1.29 is 0 Å². The van der Waals surface area contributed by atoms with Crippen LogP contribution in [0.3, 0.4) is 0 Å². The van der Waals surface area contributed by atoms with Gasteiger partial charge in [-0.2, -0.15) is 0 Å². The summed E-state index contributed by atoms with van der Waals surface area (Å²) < 4.78 is 0. The number of rotatable bonds is 0. The fourth-order valence-corrected chi connectivity index (χ4v) is 6.11. The Balaban J connectivity index is 1.80. The van der Waals surface area contributed by atoms with E-state index in [0.29, 0.717) is 0 Å². The fraction of sp³-hybridized carbons (Fsp3) is 0.100. The minimum absolute atomic E-state index is 0.320. The molecule has 146 valence electrons. The van der Waals surface area contributed by atoms with Crippen LogP contribution in [0.4, 0.5) is 0 Å². The first kappa shape index (κ1) is 17.0. The molecule has 4 aromatic carbocycles. The molecule has 31 heavy (non-hydrogen) atoms. The van der Waals surface area contributed by atoms with Gasteiger partial charge >= 0.3 is 0 Å². The molecule has 0 amide bonds. The van der Waals surface area contributed by atoms with Crippen molar-refractivity contribution in [2.45, 2.75) is 19.3 Å². The highest BCUT2D eigenvalue weighted by atomic mass is 14.7. The minimum atomic E-state index is -0.320. The molecule has 1 heterocycles. The summed E-state index contributed by atoms with van der Waals surface area (Å²) in [5, 5.41) is 2.62. The molecule has 0 fully saturated rings. The first-order valence-electron chi connectivity index (χ1n) is 10.9. The number of hydrogen-bond donors (Lipinski definition) is 0. The maximum atomic E-state index is 5.14. The lowest BCUT2D eigenvalue weighted by Gasteiger charge is -2.39. The summed E-state index contributed by atoms with van der Waals surface area (Å²) in [7, 11) is 0. The van der Waals surface area contributed by atoms with Crippen LogP contribution in [-0.4, -0.2) is 4.98 Å². The molecule has 1 heteroatoms. The second-order valence-corrected chi connectivity index (χ2v) is 8.79. The van der Waals surface area contributed by atoms with Gasteiger partial charge in [-0.25, -0.2) is 0 Å². The van der Waals surface area contributed by atoms with Crippen molar-refractivity contribution in [1.82, 2.24) is 4.98 Å². The Hall–Kier alpha value is -3.71. The lowest BCUT2D eigenvalue weighted by atomic mass is 9.62. The largest absolute Gasteiger partial charge is 0.252 e. The van der Waals surface area contributed by atoms with E-state index in [-0.39, 0.29) is 5.41 Å². The molecule has 1 aromatic heterocycles. The van der Waals surface area contributed by atoms with E-state index in [0.717, 1.165) is 11.4 Å². The van der Waals surface area contributed by atoms with Gasteiger partial charge in [-0.15, -0.1) is 0 Å². The molecular formula is C30H21N. The van der Waals surface area contributed by atoms with Crippen LogP contribution in [0.25, 0.3) is 33.2 Å². The van der Waals surface area contributed by atoms with E-state index >= 15 is 0 Å². The van der Waals surface area contributed by atoms with Gasteiger partial charge < -0.3 is 0 Å². The third kappa shape index (κ3) is 1.86. The lowest BCUT2D eigenvalue weighted by molar-refractivity contribution is 0.771. The summed E-state index contributed by atoms with van der Waals surface area (Å²) in [6, 6.07) is 33.6. The van der Waals surface area contributed by atoms with Gasteiger partial charge in [-0.05, 0) is 58.2 Å². The Bertz CT molecular complexity index is 1510. The Kier molecular flexibility index (Phi) is 3.13. The number of nitrogens with zero attached hydrogens (tertiary/aromatic N) is 1. The van der Waals surface area contributed by atoms with Gasteiger partial charge in [0.2, 0.25) is 0 Å². The summed E-state index contributed by atoms with van der Waals surface area (Å²) in [6.45, 7) is 4.33. The van der Waals surface area contributed by atoms with Gasteiger partial charge in [0, 0.05) is 16.6 Å². The van der Waals surface area contributed by atoms with Crippen molar-refractivity contribution in [1.29, 1.82) is 0 Å². The molecule has 0 N–H and O–H groups in total. The zero-order valence-electron chi connectivity index (χ0n) is 17.6. The van der Waals surface area contributed by atoms with Crippen molar-refractivity contribution in [2.75, 3.05) is 0 Å². The predicted molar refractivity (Wildman–Crippen MR) is 128 cm³/mol. The van der Waals surface area contributed by atoms with E-state index in [1.54, 1.807) is 0 Å². The standard InChI is InChI=1S/C30H21N/c1-18-19(2)31-29-23-12-5-8-16-26(23)30(27-17-9-13-20(18)28(27)29)24-14-6-3-10-21(24)22-11-4-7-15-25(22)30/h3-17H,1-2H3. The van der Waals surface area contributed by atoms with Crippen LogP contribution in [0.2, 0.25) is 0 Å². The third-order valence-corrected chi connectivity index (χ3v) is 7.47. The van der Waals surface area contributed by atoms with E-state index in [1.807, 2.05) is 0 Å². The summed E-state index contributed by atoms with van der Waals surface area (Å²) in [4.78, 5) is 5.14. The summed E-state index contributed by atoms with van der Waals surface area (Å²) in [5.74, 6) is 0. The van der Waals surface area contributed by atoms with Crippen molar-refractivity contribution in [3.05, 3.63) is 125 Å². The molecule has 0 saturated heterocycles. The summed E-state index contributed by atoms with van der Waals surface area (Å²) in [6.07, 6.45) is 0. The lowest BCUT2D eigenvalue weighted by Crippen LogP contribution is -2.32. The van der Waals surface area contributed by atoms with Crippen LogP contribution in [0.5, 0.6) is 0 Å². The molecule has 2 aliphatic carbocycles. The van der Waals surface area contributed by atoms with Gasteiger partial charge in [0.25, 0.3) is 0 Å². The zero-order valence-corrected chi connectivity index (χ0v) is 17.6. The number of benzene rings is 4. The Morgan fingerprint density at radius 2 is 1.06 bits per heavy atom. The number of fused-ring (bicyclic) bond motifs is 9. The first-order chi connectivity index (χ1) is 15.2. The van der Waals surface area contributed by atoms with Crippen molar-refractivity contribution in [2.24, 2.45) is 0 Å². The SMILES string of the molecule is Cc1nc2c3c(cccc3c1C)C1(c3ccccc3-c3ccccc31)c1ccccc1-2. The van der Waals surface area contributed by atoms with E-state index in [9.17, 15) is 0 Å². The third-order valence-electron chi connectivity index (χ3n) is 7.47. The predicted octanol–water partition coefficient (Wildman–Crippen LogP) is 7.20. The average molecular weight is 396 g/mol. The molecule has 0 aliphatic heterocycles. The molecule has 0 bridgehead atoms. The van der Waals surface area contributed by atoms with Crippen LogP contribution in [-0.2, 0) is 5.41 Å². The van der Waals surface area contributed by atoms with E-state index < -0.39 is 0 Å². The van der Waals surface area contributed by atoms with E-state index in [4.69, 9.17) is 4.98 Å². The monoisotopic (exact) mass is 395 g/mol. The topological polar surface area (TPSA) is 12.9 Å². The molecule has 0 radical (unpaired) electrons. The van der Waals surface area contributed by atoms with Crippen molar-refractivity contribution >= 4 is 10.8 Å². The van der Waals surface area contributed by atoms with Gasteiger partial charge in [0.1, 0.15) is 0 Å². The molecule has 0 unspecified atom stereocenters. The van der Waals surface area contributed by atoms with Crippen LogP contribution in [0.15, 0.2) is 91.0 Å². The van der Waals surface area contributed by atoms with Crippen LogP contribution < -0.4 is 0 Å². The highest BCUT2D eigenvalue weighted by Gasteiger charge is 2.50. The van der Waals surface area contributed by atoms with E-state index in [2.05, 4.69) is 105 Å². The summed E-state index contributed by atoms with van der Waals surface area (Å²) >= 11 is 0. The van der Waals surface area contributed by atoms with Gasteiger partial charge in [0.15, 0.2) is 0 Å². The molecule has 2 aliphatic rings. The summed E-state index contributed by atoms with van der Waals surface area (Å²) in [5.41, 5.74) is 12.6. The van der Waals surface area contributed by atoms with Crippen LogP contribution in [0.1, 0.15) is 33.5 Å². The molecule has 0 saturated carbocycles. The van der Waals surface area contributed by atoms with Gasteiger partial charge in [0.05, 0.1) is 11.1 Å². The Morgan fingerprint density at radius 3 is 1.71 bits per heavy atom. The zero-order chi connectivity index (χ0) is 20.7. The minimum Gasteiger partial charge on any atom is -0.252 e. The number of pyridine rings is 1. The Morgan fingerprint density at radius 1 is 0.548 bits per heavy atom. The highest BCUT2D eigenvalue weighted by Crippen LogP contribution is 2.61. The maximum absolute atomic E-state index is 5.14. The smallest absolute Gasteiger partial charge is 0.0790 e. The molecule has 5 aromatic rings. The highest BCUT2D eigenvalue weighted by molar-refractivity contribution is 6.06. The number of aryl methyl sites for hydroxylation is 2. The molecule has 7 rings (SSSR count). The molecular weight excluding hydrogens is 374 g/mol. The maximum Gasteiger partial charge on any atom is 0.0790 e. The average Bonchev–Trinajstić information content (AvgIpc) is 3.12.